The first-order valence-corrected chi connectivity index (χ1v) is 6.72. The van der Waals surface area contributed by atoms with E-state index in [0.717, 1.165) is 21.3 Å². The standard InChI is InChI=1S/C14H12N4S/c1-9-4-5-11-10(7-9)14(13-3-2-6-19-13)12(8-16-15)18-17-11/h2-8H,15H2,1H3/b16-8+. The van der Waals surface area contributed by atoms with E-state index in [4.69, 9.17) is 5.84 Å². The highest BCUT2D eigenvalue weighted by Gasteiger charge is 2.12. The first-order chi connectivity index (χ1) is 9.29. The number of fused-ring (bicyclic) bond motifs is 1. The van der Waals surface area contributed by atoms with Crippen molar-refractivity contribution >= 4 is 28.5 Å². The summed E-state index contributed by atoms with van der Waals surface area (Å²) in [5, 5.41) is 15.1. The number of benzene rings is 1. The molecule has 2 heterocycles. The summed E-state index contributed by atoms with van der Waals surface area (Å²) in [5.74, 6) is 5.26. The molecule has 5 heteroatoms. The van der Waals surface area contributed by atoms with E-state index < -0.39 is 0 Å². The van der Waals surface area contributed by atoms with Gasteiger partial charge in [-0.05, 0) is 30.5 Å². The lowest BCUT2D eigenvalue weighted by molar-refractivity contribution is 1.06. The molecule has 4 nitrogen and oxygen atoms in total. The van der Waals surface area contributed by atoms with E-state index in [-0.39, 0.29) is 0 Å². The highest BCUT2D eigenvalue weighted by molar-refractivity contribution is 7.13. The van der Waals surface area contributed by atoms with Crippen molar-refractivity contribution in [3.8, 4) is 10.4 Å². The highest BCUT2D eigenvalue weighted by Crippen LogP contribution is 2.32. The molecule has 0 bridgehead atoms. The lowest BCUT2D eigenvalue weighted by Gasteiger charge is -2.07. The van der Waals surface area contributed by atoms with Gasteiger partial charge in [-0.25, -0.2) is 0 Å². The number of hydrazone groups is 1. The summed E-state index contributed by atoms with van der Waals surface area (Å²) in [7, 11) is 0. The van der Waals surface area contributed by atoms with E-state index in [9.17, 15) is 0 Å². The van der Waals surface area contributed by atoms with Crippen LogP contribution in [0.4, 0.5) is 0 Å². The van der Waals surface area contributed by atoms with Crippen molar-refractivity contribution in [1.82, 2.24) is 10.2 Å². The monoisotopic (exact) mass is 268 g/mol. The Morgan fingerprint density at radius 1 is 1.26 bits per heavy atom. The molecule has 0 radical (unpaired) electrons. The van der Waals surface area contributed by atoms with Crippen molar-refractivity contribution < 1.29 is 0 Å². The lowest BCUT2D eigenvalue weighted by Crippen LogP contribution is -1.98. The Labute approximate surface area is 114 Å². The number of nitrogens with two attached hydrogens (primary N) is 1. The van der Waals surface area contributed by atoms with Crippen LogP contribution in [-0.2, 0) is 0 Å². The van der Waals surface area contributed by atoms with Gasteiger partial charge in [0.15, 0.2) is 0 Å². The van der Waals surface area contributed by atoms with Crippen molar-refractivity contribution in [3.63, 3.8) is 0 Å². The molecular formula is C14H12N4S. The minimum Gasteiger partial charge on any atom is -0.323 e. The third kappa shape index (κ3) is 2.08. The molecule has 3 aromatic rings. The van der Waals surface area contributed by atoms with E-state index >= 15 is 0 Å². The van der Waals surface area contributed by atoms with E-state index in [0.29, 0.717) is 5.69 Å². The van der Waals surface area contributed by atoms with Crippen LogP contribution >= 0.6 is 11.3 Å². The zero-order valence-corrected chi connectivity index (χ0v) is 11.2. The fourth-order valence-corrected chi connectivity index (χ4v) is 2.87. The largest absolute Gasteiger partial charge is 0.323 e. The number of nitrogens with zero attached hydrogens (tertiary/aromatic N) is 3. The minimum atomic E-state index is 0.697. The smallest absolute Gasteiger partial charge is 0.115 e. The molecule has 0 unspecified atom stereocenters. The summed E-state index contributed by atoms with van der Waals surface area (Å²) in [6.45, 7) is 2.06. The van der Waals surface area contributed by atoms with Crippen LogP contribution in [0.5, 0.6) is 0 Å². The van der Waals surface area contributed by atoms with Crippen LogP contribution in [0, 0.1) is 6.92 Å². The van der Waals surface area contributed by atoms with Crippen LogP contribution in [0.15, 0.2) is 40.8 Å². The molecular weight excluding hydrogens is 256 g/mol. The second-order valence-corrected chi connectivity index (χ2v) is 5.18. The fraction of sp³-hybridized carbons (Fsp3) is 0.0714. The highest BCUT2D eigenvalue weighted by atomic mass is 32.1. The Morgan fingerprint density at radius 3 is 2.89 bits per heavy atom. The molecule has 3 rings (SSSR count). The van der Waals surface area contributed by atoms with E-state index in [1.54, 1.807) is 17.6 Å². The topological polar surface area (TPSA) is 64.2 Å². The van der Waals surface area contributed by atoms with Gasteiger partial charge in [-0.3, -0.25) is 0 Å². The van der Waals surface area contributed by atoms with Crippen LogP contribution in [0.3, 0.4) is 0 Å². The van der Waals surface area contributed by atoms with Gasteiger partial charge >= 0.3 is 0 Å². The van der Waals surface area contributed by atoms with E-state index in [1.165, 1.54) is 5.56 Å². The molecule has 2 N–H and O–H groups in total. The van der Waals surface area contributed by atoms with Crippen LogP contribution in [-0.4, -0.2) is 16.4 Å². The average molecular weight is 268 g/mol. The van der Waals surface area contributed by atoms with Gasteiger partial charge in [0.1, 0.15) is 5.69 Å². The number of thiophene rings is 1. The molecule has 0 saturated carbocycles. The molecule has 0 amide bonds. The second-order valence-electron chi connectivity index (χ2n) is 4.24. The van der Waals surface area contributed by atoms with Gasteiger partial charge in [0.2, 0.25) is 0 Å². The Kier molecular flexibility index (Phi) is 2.97. The summed E-state index contributed by atoms with van der Waals surface area (Å²) in [5.41, 5.74) is 3.80. The van der Waals surface area contributed by atoms with Gasteiger partial charge in [0, 0.05) is 15.8 Å². The fourth-order valence-electron chi connectivity index (χ4n) is 2.07. The van der Waals surface area contributed by atoms with E-state index in [1.807, 2.05) is 23.6 Å². The van der Waals surface area contributed by atoms with Crippen LogP contribution in [0.2, 0.25) is 0 Å². The van der Waals surface area contributed by atoms with Crippen molar-refractivity contribution in [2.45, 2.75) is 6.92 Å². The van der Waals surface area contributed by atoms with Gasteiger partial charge < -0.3 is 5.84 Å². The number of hydrogen-bond acceptors (Lipinski definition) is 5. The molecule has 2 aromatic heterocycles. The maximum absolute atomic E-state index is 5.26. The number of hydrogen-bond donors (Lipinski definition) is 1. The summed E-state index contributed by atoms with van der Waals surface area (Å²) in [6, 6.07) is 10.2. The van der Waals surface area contributed by atoms with Crippen molar-refractivity contribution in [2.75, 3.05) is 0 Å². The lowest BCUT2D eigenvalue weighted by atomic mass is 10.0. The number of aromatic nitrogens is 2. The number of aryl methyl sites for hydroxylation is 1. The molecule has 0 saturated heterocycles. The van der Waals surface area contributed by atoms with Crippen LogP contribution < -0.4 is 5.84 Å². The third-order valence-electron chi connectivity index (χ3n) is 2.91. The Hall–Kier alpha value is -2.27. The quantitative estimate of drug-likeness (QED) is 0.441. The molecule has 0 atom stereocenters. The van der Waals surface area contributed by atoms with Gasteiger partial charge in [-0.2, -0.15) is 5.10 Å². The summed E-state index contributed by atoms with van der Waals surface area (Å²) in [4.78, 5) is 1.14. The molecule has 94 valence electrons. The van der Waals surface area contributed by atoms with Crippen molar-refractivity contribution in [2.24, 2.45) is 10.9 Å². The normalized spacial score (nSPS) is 11.4. The van der Waals surface area contributed by atoms with Gasteiger partial charge in [0.05, 0.1) is 11.7 Å². The van der Waals surface area contributed by atoms with Gasteiger partial charge in [-0.1, -0.05) is 17.7 Å². The minimum absolute atomic E-state index is 0.697. The maximum Gasteiger partial charge on any atom is 0.115 e. The first-order valence-electron chi connectivity index (χ1n) is 5.84. The zero-order valence-electron chi connectivity index (χ0n) is 10.4. The number of rotatable bonds is 2. The Balaban J connectivity index is 2.41. The molecule has 0 aliphatic carbocycles. The zero-order chi connectivity index (χ0) is 13.2. The molecule has 0 aliphatic heterocycles. The molecule has 0 fully saturated rings. The SMILES string of the molecule is Cc1ccc2nnc(/C=N/N)c(-c3cccs3)c2c1. The average Bonchev–Trinajstić information content (AvgIpc) is 2.92. The second kappa shape index (κ2) is 4.78. The summed E-state index contributed by atoms with van der Waals surface area (Å²) in [6.07, 6.45) is 1.55. The van der Waals surface area contributed by atoms with Gasteiger partial charge in [0.25, 0.3) is 0 Å². The maximum atomic E-state index is 5.26. The van der Waals surface area contributed by atoms with Crippen LogP contribution in [0.1, 0.15) is 11.3 Å². The van der Waals surface area contributed by atoms with Crippen molar-refractivity contribution in [3.05, 3.63) is 47.0 Å². The summed E-state index contributed by atoms with van der Waals surface area (Å²) >= 11 is 1.67. The molecule has 0 aliphatic rings. The third-order valence-corrected chi connectivity index (χ3v) is 3.79. The predicted molar refractivity (Wildman–Crippen MR) is 79.4 cm³/mol. The molecule has 19 heavy (non-hydrogen) atoms. The Bertz CT molecular complexity index is 747. The van der Waals surface area contributed by atoms with Crippen molar-refractivity contribution in [1.29, 1.82) is 0 Å². The molecule has 0 spiro atoms. The molecule has 1 aromatic carbocycles. The van der Waals surface area contributed by atoms with Crippen LogP contribution in [0.25, 0.3) is 21.3 Å². The van der Waals surface area contributed by atoms with Gasteiger partial charge in [-0.15, -0.1) is 21.5 Å². The van der Waals surface area contributed by atoms with E-state index in [2.05, 4.69) is 34.4 Å². The Morgan fingerprint density at radius 2 is 2.16 bits per heavy atom. The first kappa shape index (κ1) is 11.8. The predicted octanol–water partition coefficient (Wildman–Crippen LogP) is 2.96. The summed E-state index contributed by atoms with van der Waals surface area (Å²) < 4.78 is 0.